The molecular weight excluding hydrogens is 591 g/mol. The number of aryl methyl sites for hydroxylation is 6. The zero-order valence-electron chi connectivity index (χ0n) is 29.1. The molecule has 9 aromatic carbocycles. The van der Waals surface area contributed by atoms with Crippen molar-refractivity contribution in [2.24, 2.45) is 0 Å². The van der Waals surface area contributed by atoms with Gasteiger partial charge in [0.1, 0.15) is 0 Å². The third-order valence-electron chi connectivity index (χ3n) is 10.3. The number of fused-ring (bicyclic) bond motifs is 6. The molecule has 0 aliphatic rings. The van der Waals surface area contributed by atoms with Crippen LogP contribution in [0, 0.1) is 41.5 Å². The van der Waals surface area contributed by atoms with Gasteiger partial charge in [-0.3, -0.25) is 0 Å². The SMILES string of the molecule is Cc1cc(C)cc(-c2cc3c4ccccc4c4ccc(N(c5cc(C)cc(C)c5)c5cc(C)cc(C)c5)c5c6ccccc6c(c2)c3c45)c1. The predicted molar refractivity (Wildman–Crippen MR) is 214 cm³/mol. The lowest BCUT2D eigenvalue weighted by Crippen LogP contribution is -2.12. The molecule has 9 aromatic rings. The second-order valence-electron chi connectivity index (χ2n) is 14.3. The highest BCUT2D eigenvalue weighted by Gasteiger charge is 2.24. The number of anilines is 3. The Bertz CT molecular complexity index is 2650. The zero-order valence-corrected chi connectivity index (χ0v) is 29.1. The largest absolute Gasteiger partial charge is 0.310 e. The summed E-state index contributed by atoms with van der Waals surface area (Å²) in [5.74, 6) is 0. The van der Waals surface area contributed by atoms with E-state index in [-0.39, 0.29) is 0 Å². The molecule has 0 fully saturated rings. The average molecular weight is 630 g/mol. The minimum Gasteiger partial charge on any atom is -0.310 e. The van der Waals surface area contributed by atoms with Gasteiger partial charge in [0.15, 0.2) is 0 Å². The maximum absolute atomic E-state index is 2.50. The average Bonchev–Trinajstić information content (AvgIpc) is 3.06. The van der Waals surface area contributed by atoms with Crippen LogP contribution in [0.3, 0.4) is 0 Å². The van der Waals surface area contributed by atoms with Crippen LogP contribution in [0.25, 0.3) is 65.0 Å². The molecular formula is C48H39N. The lowest BCUT2D eigenvalue weighted by Gasteiger charge is -2.30. The molecule has 0 heterocycles. The monoisotopic (exact) mass is 629 g/mol. The number of hydrogen-bond acceptors (Lipinski definition) is 1. The predicted octanol–water partition coefficient (Wildman–Crippen LogP) is 13.9. The van der Waals surface area contributed by atoms with E-state index in [1.54, 1.807) is 0 Å². The van der Waals surface area contributed by atoms with Gasteiger partial charge in [-0.25, -0.2) is 0 Å². The van der Waals surface area contributed by atoms with Crippen molar-refractivity contribution in [1.82, 2.24) is 0 Å². The molecule has 1 heteroatoms. The Kier molecular flexibility index (Phi) is 6.58. The maximum Gasteiger partial charge on any atom is 0.0546 e. The van der Waals surface area contributed by atoms with Crippen molar-refractivity contribution in [2.45, 2.75) is 41.5 Å². The van der Waals surface area contributed by atoms with Gasteiger partial charge >= 0.3 is 0 Å². The smallest absolute Gasteiger partial charge is 0.0546 e. The number of nitrogens with zero attached hydrogens (tertiary/aromatic N) is 1. The van der Waals surface area contributed by atoms with E-state index in [2.05, 4.69) is 174 Å². The van der Waals surface area contributed by atoms with Crippen LogP contribution in [-0.4, -0.2) is 0 Å². The molecule has 1 nitrogen and oxygen atoms in total. The molecule has 0 aliphatic carbocycles. The van der Waals surface area contributed by atoms with E-state index in [1.807, 2.05) is 0 Å². The summed E-state index contributed by atoms with van der Waals surface area (Å²) in [5.41, 5.74) is 13.7. The van der Waals surface area contributed by atoms with Gasteiger partial charge in [-0.2, -0.15) is 0 Å². The van der Waals surface area contributed by atoms with E-state index < -0.39 is 0 Å². The van der Waals surface area contributed by atoms with E-state index >= 15 is 0 Å². The van der Waals surface area contributed by atoms with E-state index in [9.17, 15) is 0 Å². The quantitative estimate of drug-likeness (QED) is 0.138. The minimum absolute atomic E-state index is 1.18. The van der Waals surface area contributed by atoms with Gasteiger partial charge in [-0.15, -0.1) is 0 Å². The Morgan fingerprint density at radius 2 is 0.694 bits per heavy atom. The van der Waals surface area contributed by atoms with E-state index in [0.29, 0.717) is 0 Å². The first-order chi connectivity index (χ1) is 23.7. The third-order valence-corrected chi connectivity index (χ3v) is 10.3. The summed E-state index contributed by atoms with van der Waals surface area (Å²) >= 11 is 0. The molecule has 0 saturated carbocycles. The third kappa shape index (κ3) is 4.68. The first kappa shape index (κ1) is 29.5. The van der Waals surface area contributed by atoms with Gasteiger partial charge in [0.05, 0.1) is 5.69 Å². The van der Waals surface area contributed by atoms with Gasteiger partial charge in [0, 0.05) is 22.1 Å². The van der Waals surface area contributed by atoms with E-state index in [0.717, 1.165) is 0 Å². The standard InChI is InChI=1S/C48H39N/c1-28-17-29(2)21-34(20-28)35-26-43-39-12-8-7-11-38(39)42-15-16-45(47-41-14-10-9-13-40(41)44(27-35)46(43)48(42)47)49(36-22-30(3)18-31(4)23-36)37-24-32(5)19-33(6)25-37/h7-27H,1-6H3. The minimum atomic E-state index is 1.18. The van der Waals surface area contributed by atoms with Crippen molar-refractivity contribution in [3.05, 3.63) is 161 Å². The molecule has 0 aromatic heterocycles. The van der Waals surface area contributed by atoms with Crippen LogP contribution in [0.2, 0.25) is 0 Å². The van der Waals surface area contributed by atoms with E-state index in [4.69, 9.17) is 0 Å². The summed E-state index contributed by atoms with van der Waals surface area (Å²) < 4.78 is 0. The zero-order chi connectivity index (χ0) is 33.6. The number of benzene rings is 9. The lowest BCUT2D eigenvalue weighted by atomic mass is 9.83. The molecule has 49 heavy (non-hydrogen) atoms. The van der Waals surface area contributed by atoms with Gasteiger partial charge in [-0.05, 0) is 160 Å². The van der Waals surface area contributed by atoms with Crippen molar-refractivity contribution < 1.29 is 0 Å². The second-order valence-corrected chi connectivity index (χ2v) is 14.3. The Morgan fingerprint density at radius 3 is 1.20 bits per heavy atom. The molecule has 9 rings (SSSR count). The highest BCUT2D eigenvalue weighted by Crippen LogP contribution is 2.51. The van der Waals surface area contributed by atoms with Gasteiger partial charge in [0.25, 0.3) is 0 Å². The fraction of sp³-hybridized carbons (Fsp3) is 0.125. The van der Waals surface area contributed by atoms with Crippen LogP contribution in [0.15, 0.2) is 127 Å². The molecule has 0 aliphatic heterocycles. The molecule has 0 saturated heterocycles. The van der Waals surface area contributed by atoms with Gasteiger partial charge in [0.2, 0.25) is 0 Å². The summed E-state index contributed by atoms with van der Waals surface area (Å²) in [4.78, 5) is 2.50. The Hall–Kier alpha value is -5.66. The molecule has 0 atom stereocenters. The van der Waals surface area contributed by atoms with Crippen LogP contribution < -0.4 is 4.90 Å². The molecule has 0 bridgehead atoms. The Balaban J connectivity index is 1.50. The summed E-state index contributed by atoms with van der Waals surface area (Å²) in [7, 11) is 0. The van der Waals surface area contributed by atoms with E-state index in [1.165, 1.54) is 115 Å². The summed E-state index contributed by atoms with van der Waals surface area (Å²) in [6.45, 7) is 13.2. The van der Waals surface area contributed by atoms with Crippen LogP contribution in [0.1, 0.15) is 33.4 Å². The molecule has 236 valence electrons. The molecule has 0 N–H and O–H groups in total. The fourth-order valence-electron chi connectivity index (χ4n) is 8.65. The highest BCUT2D eigenvalue weighted by molar-refractivity contribution is 6.42. The molecule has 0 spiro atoms. The molecule has 0 radical (unpaired) electrons. The normalized spacial score (nSPS) is 11.9. The van der Waals surface area contributed by atoms with Gasteiger partial charge < -0.3 is 4.90 Å². The molecule has 0 unspecified atom stereocenters. The first-order valence-corrected chi connectivity index (χ1v) is 17.3. The summed E-state index contributed by atoms with van der Waals surface area (Å²) in [6, 6.07) is 48.5. The van der Waals surface area contributed by atoms with Crippen LogP contribution in [-0.2, 0) is 0 Å². The fourth-order valence-corrected chi connectivity index (χ4v) is 8.65. The summed E-state index contributed by atoms with van der Waals surface area (Å²) in [5, 5.41) is 13.1. The Labute approximate surface area is 288 Å². The number of rotatable bonds is 4. The van der Waals surface area contributed by atoms with Gasteiger partial charge in [-0.1, -0.05) is 96.1 Å². The molecule has 0 amide bonds. The van der Waals surface area contributed by atoms with Crippen LogP contribution >= 0.6 is 0 Å². The van der Waals surface area contributed by atoms with Crippen molar-refractivity contribution in [3.63, 3.8) is 0 Å². The van der Waals surface area contributed by atoms with Crippen molar-refractivity contribution in [3.8, 4) is 11.1 Å². The van der Waals surface area contributed by atoms with Crippen molar-refractivity contribution in [1.29, 1.82) is 0 Å². The summed E-state index contributed by atoms with van der Waals surface area (Å²) in [6.07, 6.45) is 0. The second kappa shape index (κ2) is 10.9. The topological polar surface area (TPSA) is 3.24 Å². The Morgan fingerprint density at radius 1 is 0.306 bits per heavy atom. The van der Waals surface area contributed by atoms with Crippen molar-refractivity contribution in [2.75, 3.05) is 4.90 Å². The maximum atomic E-state index is 2.50. The first-order valence-electron chi connectivity index (χ1n) is 17.3. The highest BCUT2D eigenvalue weighted by atomic mass is 15.1. The number of hydrogen-bond donors (Lipinski definition) is 0. The van der Waals surface area contributed by atoms with Crippen molar-refractivity contribution >= 4 is 70.9 Å². The van der Waals surface area contributed by atoms with Crippen LogP contribution in [0.5, 0.6) is 0 Å². The lowest BCUT2D eigenvalue weighted by molar-refractivity contribution is 1.24. The van der Waals surface area contributed by atoms with Crippen LogP contribution in [0.4, 0.5) is 17.1 Å².